The molecule has 3 N–H and O–H groups in total. The van der Waals surface area contributed by atoms with Crippen molar-refractivity contribution in [2.75, 3.05) is 13.1 Å². The molecule has 0 amide bonds. The van der Waals surface area contributed by atoms with E-state index >= 15 is 0 Å². The maximum Gasteiger partial charge on any atom is 0.0924 e. The third kappa shape index (κ3) is 3.10. The number of nitrogens with zero attached hydrogens (tertiary/aromatic N) is 1. The Morgan fingerprint density at radius 3 is 2.72 bits per heavy atom. The summed E-state index contributed by atoms with van der Waals surface area (Å²) in [4.78, 5) is 2.49. The lowest BCUT2D eigenvalue weighted by atomic mass is 10.0. The van der Waals surface area contributed by atoms with E-state index in [2.05, 4.69) is 36.1 Å². The molecule has 3 nitrogen and oxygen atoms in total. The monoisotopic (exact) mass is 245 g/mol. The van der Waals surface area contributed by atoms with Crippen molar-refractivity contribution < 1.29 is 0 Å². The second kappa shape index (κ2) is 6.01. The fourth-order valence-corrected chi connectivity index (χ4v) is 2.82. The van der Waals surface area contributed by atoms with Crippen LogP contribution >= 0.6 is 0 Å². The van der Waals surface area contributed by atoms with Gasteiger partial charge in [0.1, 0.15) is 0 Å². The van der Waals surface area contributed by atoms with Crippen molar-refractivity contribution in [2.24, 2.45) is 11.7 Å². The number of amidine groups is 1. The minimum absolute atomic E-state index is 0.278. The third-order valence-electron chi connectivity index (χ3n) is 3.93. The van der Waals surface area contributed by atoms with Gasteiger partial charge in [0.05, 0.1) is 5.84 Å². The normalized spacial score (nSPS) is 21.9. The zero-order valence-corrected chi connectivity index (χ0v) is 11.1. The lowest BCUT2D eigenvalue weighted by molar-refractivity contribution is 0.240. The first-order chi connectivity index (χ1) is 8.70. The van der Waals surface area contributed by atoms with Crippen LogP contribution in [0, 0.1) is 11.3 Å². The van der Waals surface area contributed by atoms with E-state index in [1.165, 1.54) is 18.4 Å². The molecule has 1 fully saturated rings. The molecule has 1 aliphatic rings. The van der Waals surface area contributed by atoms with Crippen molar-refractivity contribution >= 4 is 5.84 Å². The fraction of sp³-hybridized carbons (Fsp3) is 0.533. The molecular weight excluding hydrogens is 222 g/mol. The topological polar surface area (TPSA) is 53.1 Å². The highest BCUT2D eigenvalue weighted by molar-refractivity contribution is 5.77. The SMILES string of the molecule is CCC1CCN(C(CC(=N)N)c2ccccc2)C1. The second-order valence-electron chi connectivity index (χ2n) is 5.21. The summed E-state index contributed by atoms with van der Waals surface area (Å²) in [5.41, 5.74) is 6.90. The molecule has 0 saturated carbocycles. The summed E-state index contributed by atoms with van der Waals surface area (Å²) < 4.78 is 0. The van der Waals surface area contributed by atoms with E-state index in [9.17, 15) is 0 Å². The number of hydrogen-bond donors (Lipinski definition) is 2. The highest BCUT2D eigenvalue weighted by Gasteiger charge is 2.28. The Hall–Kier alpha value is -1.35. The Labute approximate surface area is 109 Å². The van der Waals surface area contributed by atoms with Crippen molar-refractivity contribution in [3.05, 3.63) is 35.9 Å². The van der Waals surface area contributed by atoms with Gasteiger partial charge in [0, 0.05) is 19.0 Å². The van der Waals surface area contributed by atoms with Crippen LogP contribution in [-0.2, 0) is 0 Å². The summed E-state index contributed by atoms with van der Waals surface area (Å²) in [5, 5.41) is 7.58. The molecule has 98 valence electrons. The number of likely N-dealkylation sites (tertiary alicyclic amines) is 1. The number of rotatable bonds is 5. The maximum absolute atomic E-state index is 7.58. The maximum atomic E-state index is 7.58. The number of hydrogen-bond acceptors (Lipinski definition) is 2. The second-order valence-corrected chi connectivity index (χ2v) is 5.21. The summed E-state index contributed by atoms with van der Waals surface area (Å²) >= 11 is 0. The lowest BCUT2D eigenvalue weighted by Gasteiger charge is -2.28. The summed E-state index contributed by atoms with van der Waals surface area (Å²) in [5.74, 6) is 1.09. The standard InChI is InChI=1S/C15H23N3/c1-2-12-8-9-18(11-12)14(10-15(16)17)13-6-4-3-5-7-13/h3-7,12,14H,2,8-11H2,1H3,(H3,16,17). The molecule has 2 rings (SSSR count). The van der Waals surface area contributed by atoms with Gasteiger partial charge in [-0.15, -0.1) is 0 Å². The van der Waals surface area contributed by atoms with E-state index in [0.29, 0.717) is 6.42 Å². The molecule has 1 aliphatic heterocycles. The largest absolute Gasteiger partial charge is 0.388 e. The zero-order chi connectivity index (χ0) is 13.0. The first kappa shape index (κ1) is 13.1. The quantitative estimate of drug-likeness (QED) is 0.619. The van der Waals surface area contributed by atoms with Gasteiger partial charge in [-0.3, -0.25) is 10.3 Å². The number of nitrogens with one attached hydrogen (secondary N) is 1. The van der Waals surface area contributed by atoms with Crippen LogP contribution < -0.4 is 5.73 Å². The summed E-state index contributed by atoms with van der Waals surface area (Å²) in [7, 11) is 0. The van der Waals surface area contributed by atoms with Gasteiger partial charge in [0.15, 0.2) is 0 Å². The minimum Gasteiger partial charge on any atom is -0.388 e. The van der Waals surface area contributed by atoms with Gasteiger partial charge in [0.25, 0.3) is 0 Å². The van der Waals surface area contributed by atoms with Gasteiger partial charge >= 0.3 is 0 Å². The predicted molar refractivity (Wildman–Crippen MR) is 75.7 cm³/mol. The average Bonchev–Trinajstić information content (AvgIpc) is 2.85. The molecule has 0 aromatic heterocycles. The van der Waals surface area contributed by atoms with Gasteiger partial charge in [0.2, 0.25) is 0 Å². The van der Waals surface area contributed by atoms with Crippen LogP contribution in [0.5, 0.6) is 0 Å². The highest BCUT2D eigenvalue weighted by Crippen LogP contribution is 2.31. The van der Waals surface area contributed by atoms with Crippen molar-refractivity contribution in [3.63, 3.8) is 0 Å². The van der Waals surface area contributed by atoms with Gasteiger partial charge < -0.3 is 5.73 Å². The molecular formula is C15H23N3. The first-order valence-electron chi connectivity index (χ1n) is 6.82. The highest BCUT2D eigenvalue weighted by atomic mass is 15.2. The van der Waals surface area contributed by atoms with E-state index < -0.39 is 0 Å². The first-order valence-corrected chi connectivity index (χ1v) is 6.82. The molecule has 1 aromatic rings. The van der Waals surface area contributed by atoms with Crippen LogP contribution in [0.15, 0.2) is 30.3 Å². The van der Waals surface area contributed by atoms with E-state index in [0.717, 1.165) is 19.0 Å². The molecule has 2 unspecified atom stereocenters. The Morgan fingerprint density at radius 1 is 1.44 bits per heavy atom. The van der Waals surface area contributed by atoms with Crippen LogP contribution in [0.3, 0.4) is 0 Å². The van der Waals surface area contributed by atoms with Crippen molar-refractivity contribution in [1.29, 1.82) is 5.41 Å². The van der Waals surface area contributed by atoms with E-state index in [1.807, 2.05) is 6.07 Å². The molecule has 1 saturated heterocycles. The van der Waals surface area contributed by atoms with Crippen LogP contribution in [0.2, 0.25) is 0 Å². The van der Waals surface area contributed by atoms with Gasteiger partial charge in [-0.25, -0.2) is 0 Å². The van der Waals surface area contributed by atoms with Gasteiger partial charge in [-0.05, 0) is 24.4 Å². The van der Waals surface area contributed by atoms with Crippen molar-refractivity contribution in [1.82, 2.24) is 4.90 Å². The smallest absolute Gasteiger partial charge is 0.0924 e. The molecule has 0 bridgehead atoms. The molecule has 1 heterocycles. The lowest BCUT2D eigenvalue weighted by Crippen LogP contribution is -2.30. The molecule has 1 aromatic carbocycles. The predicted octanol–water partition coefficient (Wildman–Crippen LogP) is 2.79. The summed E-state index contributed by atoms with van der Waals surface area (Å²) in [6.07, 6.45) is 3.16. The summed E-state index contributed by atoms with van der Waals surface area (Å²) in [6.45, 7) is 4.53. The molecule has 0 radical (unpaired) electrons. The van der Waals surface area contributed by atoms with Crippen molar-refractivity contribution in [3.8, 4) is 0 Å². The Kier molecular flexibility index (Phi) is 4.37. The Bertz CT molecular complexity index is 388. The van der Waals surface area contributed by atoms with Gasteiger partial charge in [-0.1, -0.05) is 43.7 Å². The molecule has 0 spiro atoms. The van der Waals surface area contributed by atoms with Crippen LogP contribution in [0.1, 0.15) is 37.8 Å². The van der Waals surface area contributed by atoms with E-state index in [4.69, 9.17) is 11.1 Å². The van der Waals surface area contributed by atoms with Crippen molar-refractivity contribution in [2.45, 2.75) is 32.2 Å². The molecule has 0 aliphatic carbocycles. The Balaban J connectivity index is 2.13. The van der Waals surface area contributed by atoms with Gasteiger partial charge in [-0.2, -0.15) is 0 Å². The minimum atomic E-state index is 0.278. The zero-order valence-electron chi connectivity index (χ0n) is 11.1. The van der Waals surface area contributed by atoms with Crippen LogP contribution in [0.4, 0.5) is 0 Å². The van der Waals surface area contributed by atoms with E-state index in [-0.39, 0.29) is 11.9 Å². The average molecular weight is 245 g/mol. The van der Waals surface area contributed by atoms with Crippen LogP contribution in [0.25, 0.3) is 0 Å². The number of benzene rings is 1. The molecule has 2 atom stereocenters. The molecule has 3 heteroatoms. The summed E-state index contributed by atoms with van der Waals surface area (Å²) in [6, 6.07) is 10.7. The Morgan fingerprint density at radius 2 is 2.17 bits per heavy atom. The molecule has 18 heavy (non-hydrogen) atoms. The van der Waals surface area contributed by atoms with E-state index in [1.54, 1.807) is 0 Å². The third-order valence-corrected chi connectivity index (χ3v) is 3.93. The fourth-order valence-electron chi connectivity index (χ4n) is 2.82. The number of nitrogens with two attached hydrogens (primary N) is 1. The van der Waals surface area contributed by atoms with Crippen LogP contribution in [-0.4, -0.2) is 23.8 Å².